The van der Waals surface area contributed by atoms with Crippen molar-refractivity contribution in [3.63, 3.8) is 0 Å². The second-order valence-corrected chi connectivity index (χ2v) is 3.48. The molecule has 2 heteroatoms. The standard InChI is InChI=1S/C9H14O2/c10-8-2-5-9(6-3-8)4-1-7-11-9/h2,5,8,10H,1,3-4,6-7H2. The van der Waals surface area contributed by atoms with E-state index in [9.17, 15) is 5.11 Å². The van der Waals surface area contributed by atoms with Crippen LogP contribution in [0.4, 0.5) is 0 Å². The molecule has 1 N–H and O–H groups in total. The number of aliphatic hydroxyl groups is 1. The van der Waals surface area contributed by atoms with E-state index in [-0.39, 0.29) is 11.7 Å². The number of aliphatic hydroxyl groups excluding tert-OH is 1. The minimum absolute atomic E-state index is 0.0131. The van der Waals surface area contributed by atoms with Crippen molar-refractivity contribution in [2.24, 2.45) is 0 Å². The minimum Gasteiger partial charge on any atom is -0.389 e. The van der Waals surface area contributed by atoms with Gasteiger partial charge >= 0.3 is 0 Å². The van der Waals surface area contributed by atoms with Gasteiger partial charge in [0.1, 0.15) is 0 Å². The highest BCUT2D eigenvalue weighted by atomic mass is 16.5. The Balaban J connectivity index is 2.09. The predicted octanol–water partition coefficient (Wildman–Crippen LogP) is 1.25. The lowest BCUT2D eigenvalue weighted by atomic mass is 9.87. The van der Waals surface area contributed by atoms with Crippen LogP contribution in [0, 0.1) is 0 Å². The van der Waals surface area contributed by atoms with E-state index in [4.69, 9.17) is 4.74 Å². The molecular formula is C9H14O2. The SMILES string of the molecule is OC1C=CC2(CCCO2)CC1. The Bertz CT molecular complexity index is 168. The molecule has 2 atom stereocenters. The van der Waals surface area contributed by atoms with Crippen molar-refractivity contribution in [3.8, 4) is 0 Å². The van der Waals surface area contributed by atoms with Crippen LogP contribution >= 0.6 is 0 Å². The van der Waals surface area contributed by atoms with Gasteiger partial charge in [-0.05, 0) is 25.7 Å². The first-order chi connectivity index (χ1) is 5.31. The molecule has 1 spiro atoms. The Labute approximate surface area is 66.9 Å². The smallest absolute Gasteiger partial charge is 0.0865 e. The van der Waals surface area contributed by atoms with Crippen LogP contribution < -0.4 is 0 Å². The summed E-state index contributed by atoms with van der Waals surface area (Å²) in [4.78, 5) is 0. The summed E-state index contributed by atoms with van der Waals surface area (Å²) in [5.41, 5.74) is 0.0131. The zero-order chi connectivity index (χ0) is 7.73. The molecule has 0 bridgehead atoms. The summed E-state index contributed by atoms with van der Waals surface area (Å²) in [7, 11) is 0. The van der Waals surface area contributed by atoms with Gasteiger partial charge in [0, 0.05) is 6.61 Å². The summed E-state index contributed by atoms with van der Waals surface area (Å²) in [5.74, 6) is 0. The van der Waals surface area contributed by atoms with Crippen LogP contribution in [0.2, 0.25) is 0 Å². The third-order valence-electron chi connectivity index (χ3n) is 2.62. The molecule has 62 valence electrons. The lowest BCUT2D eigenvalue weighted by Crippen LogP contribution is -2.30. The van der Waals surface area contributed by atoms with Gasteiger partial charge in [0.15, 0.2) is 0 Å². The molecule has 2 rings (SSSR count). The molecule has 1 heterocycles. The van der Waals surface area contributed by atoms with Gasteiger partial charge in [-0.1, -0.05) is 12.2 Å². The van der Waals surface area contributed by atoms with Gasteiger partial charge in [0.25, 0.3) is 0 Å². The van der Waals surface area contributed by atoms with E-state index in [2.05, 4.69) is 0 Å². The molecule has 2 unspecified atom stereocenters. The predicted molar refractivity (Wildman–Crippen MR) is 42.3 cm³/mol. The summed E-state index contributed by atoms with van der Waals surface area (Å²) < 4.78 is 5.63. The van der Waals surface area contributed by atoms with Crippen molar-refractivity contribution < 1.29 is 9.84 Å². The zero-order valence-electron chi connectivity index (χ0n) is 6.62. The van der Waals surface area contributed by atoms with Gasteiger partial charge in [-0.2, -0.15) is 0 Å². The van der Waals surface area contributed by atoms with Gasteiger partial charge in [0.05, 0.1) is 11.7 Å². The molecule has 0 saturated carbocycles. The average molecular weight is 154 g/mol. The zero-order valence-corrected chi connectivity index (χ0v) is 6.62. The van der Waals surface area contributed by atoms with Crippen LogP contribution in [0.3, 0.4) is 0 Å². The monoisotopic (exact) mass is 154 g/mol. The maximum absolute atomic E-state index is 9.21. The molecule has 1 saturated heterocycles. The van der Waals surface area contributed by atoms with Crippen LogP contribution in [0.25, 0.3) is 0 Å². The fourth-order valence-corrected chi connectivity index (χ4v) is 1.91. The first-order valence-electron chi connectivity index (χ1n) is 4.32. The Morgan fingerprint density at radius 3 is 2.91 bits per heavy atom. The Morgan fingerprint density at radius 1 is 1.45 bits per heavy atom. The van der Waals surface area contributed by atoms with Crippen molar-refractivity contribution >= 4 is 0 Å². The summed E-state index contributed by atoms with van der Waals surface area (Å²) in [6.45, 7) is 0.889. The largest absolute Gasteiger partial charge is 0.389 e. The highest BCUT2D eigenvalue weighted by Crippen LogP contribution is 2.34. The highest BCUT2D eigenvalue weighted by Gasteiger charge is 2.34. The van der Waals surface area contributed by atoms with Gasteiger partial charge in [0.2, 0.25) is 0 Å². The second kappa shape index (κ2) is 2.61. The molecule has 0 amide bonds. The van der Waals surface area contributed by atoms with Crippen molar-refractivity contribution in [3.05, 3.63) is 12.2 Å². The fourth-order valence-electron chi connectivity index (χ4n) is 1.91. The van der Waals surface area contributed by atoms with E-state index in [1.807, 2.05) is 12.2 Å². The lowest BCUT2D eigenvalue weighted by molar-refractivity contribution is 0.0199. The summed E-state index contributed by atoms with van der Waals surface area (Å²) in [6.07, 6.45) is 7.84. The molecule has 0 radical (unpaired) electrons. The van der Waals surface area contributed by atoms with Gasteiger partial charge in [-0.3, -0.25) is 0 Å². The van der Waals surface area contributed by atoms with Crippen LogP contribution in [0.1, 0.15) is 25.7 Å². The molecule has 2 nitrogen and oxygen atoms in total. The van der Waals surface area contributed by atoms with Crippen LogP contribution in [0.5, 0.6) is 0 Å². The van der Waals surface area contributed by atoms with Crippen LogP contribution in [0.15, 0.2) is 12.2 Å². The van der Waals surface area contributed by atoms with Crippen LogP contribution in [-0.2, 0) is 4.74 Å². The number of hydrogen-bond donors (Lipinski definition) is 1. The number of hydrogen-bond acceptors (Lipinski definition) is 2. The summed E-state index contributed by atoms with van der Waals surface area (Å²) in [5, 5.41) is 9.21. The number of rotatable bonds is 0. The van der Waals surface area contributed by atoms with E-state index >= 15 is 0 Å². The number of ether oxygens (including phenoxy) is 1. The van der Waals surface area contributed by atoms with Crippen LogP contribution in [-0.4, -0.2) is 23.4 Å². The molecule has 1 fully saturated rings. The lowest BCUT2D eigenvalue weighted by Gasteiger charge is -2.29. The van der Waals surface area contributed by atoms with Gasteiger partial charge in [-0.25, -0.2) is 0 Å². The van der Waals surface area contributed by atoms with Crippen molar-refractivity contribution in [1.82, 2.24) is 0 Å². The fraction of sp³-hybridized carbons (Fsp3) is 0.778. The molecule has 0 aromatic heterocycles. The summed E-state index contributed by atoms with van der Waals surface area (Å²) in [6, 6.07) is 0. The molecule has 11 heavy (non-hydrogen) atoms. The van der Waals surface area contributed by atoms with Crippen molar-refractivity contribution in [2.45, 2.75) is 37.4 Å². The minimum atomic E-state index is -0.232. The second-order valence-electron chi connectivity index (χ2n) is 3.48. The molecule has 1 aliphatic heterocycles. The van der Waals surface area contributed by atoms with E-state index in [1.165, 1.54) is 6.42 Å². The van der Waals surface area contributed by atoms with Gasteiger partial charge < -0.3 is 9.84 Å². The third kappa shape index (κ3) is 1.33. The summed E-state index contributed by atoms with van der Waals surface area (Å²) >= 11 is 0. The quantitative estimate of drug-likeness (QED) is 0.532. The topological polar surface area (TPSA) is 29.5 Å². The first kappa shape index (κ1) is 7.32. The Kier molecular flexibility index (Phi) is 1.74. The van der Waals surface area contributed by atoms with Crippen molar-refractivity contribution in [2.75, 3.05) is 6.61 Å². The molecule has 0 aromatic carbocycles. The first-order valence-corrected chi connectivity index (χ1v) is 4.32. The van der Waals surface area contributed by atoms with E-state index in [0.717, 1.165) is 25.9 Å². The maximum Gasteiger partial charge on any atom is 0.0865 e. The van der Waals surface area contributed by atoms with E-state index in [1.54, 1.807) is 0 Å². The Morgan fingerprint density at radius 2 is 2.36 bits per heavy atom. The van der Waals surface area contributed by atoms with Crippen molar-refractivity contribution in [1.29, 1.82) is 0 Å². The molecule has 2 aliphatic rings. The van der Waals surface area contributed by atoms with E-state index < -0.39 is 0 Å². The van der Waals surface area contributed by atoms with E-state index in [0.29, 0.717) is 0 Å². The molecule has 0 aromatic rings. The Hall–Kier alpha value is -0.340. The maximum atomic E-state index is 9.21. The molecular weight excluding hydrogens is 140 g/mol. The highest BCUT2D eigenvalue weighted by molar-refractivity contribution is 5.10. The average Bonchev–Trinajstić information content (AvgIpc) is 2.45. The normalized spacial score (nSPS) is 43.5. The van der Waals surface area contributed by atoms with Gasteiger partial charge in [-0.15, -0.1) is 0 Å². The molecule has 1 aliphatic carbocycles. The third-order valence-corrected chi connectivity index (χ3v) is 2.62.